The highest BCUT2D eigenvalue weighted by Crippen LogP contribution is 2.35. The van der Waals surface area contributed by atoms with Crippen LogP contribution < -0.4 is 10.2 Å². The van der Waals surface area contributed by atoms with Crippen LogP contribution in [0.1, 0.15) is 15.9 Å². The van der Waals surface area contributed by atoms with Crippen LogP contribution in [-0.4, -0.2) is 29.3 Å². The van der Waals surface area contributed by atoms with Crippen molar-refractivity contribution in [2.45, 2.75) is 0 Å². The molecule has 124 valence electrons. The average molecular weight is 394 g/mol. The predicted octanol–water partition coefficient (Wildman–Crippen LogP) is 2.84. The molecule has 0 radical (unpaired) electrons. The van der Waals surface area contributed by atoms with Crippen molar-refractivity contribution in [3.05, 3.63) is 62.1 Å². The standard InChI is InChI=1S/C15H12BrN3O5/c1-24-12-6-5-10(13(16)14(12)20)8-17-18-15(21)9-3-2-4-11(7-9)19(22)23/h2-8,20H,1H3,(H,18,21)/b17-8+. The Morgan fingerprint density at radius 1 is 1.42 bits per heavy atom. The van der Waals surface area contributed by atoms with Crippen LogP contribution in [0.25, 0.3) is 0 Å². The van der Waals surface area contributed by atoms with Gasteiger partial charge in [0.15, 0.2) is 11.5 Å². The summed E-state index contributed by atoms with van der Waals surface area (Å²) in [6.45, 7) is 0. The Morgan fingerprint density at radius 2 is 2.17 bits per heavy atom. The molecule has 0 bridgehead atoms. The van der Waals surface area contributed by atoms with Gasteiger partial charge in [-0.3, -0.25) is 14.9 Å². The number of nitro groups is 1. The largest absolute Gasteiger partial charge is 0.503 e. The minimum absolute atomic E-state index is 0.0912. The highest BCUT2D eigenvalue weighted by molar-refractivity contribution is 9.10. The summed E-state index contributed by atoms with van der Waals surface area (Å²) in [6, 6.07) is 8.47. The van der Waals surface area contributed by atoms with Gasteiger partial charge >= 0.3 is 0 Å². The number of amides is 1. The lowest BCUT2D eigenvalue weighted by Gasteiger charge is -2.06. The fourth-order valence-electron chi connectivity index (χ4n) is 1.81. The summed E-state index contributed by atoms with van der Waals surface area (Å²) >= 11 is 3.20. The van der Waals surface area contributed by atoms with Gasteiger partial charge in [-0.05, 0) is 34.1 Å². The lowest BCUT2D eigenvalue weighted by atomic mass is 10.2. The molecule has 0 aliphatic heterocycles. The zero-order valence-corrected chi connectivity index (χ0v) is 14.0. The van der Waals surface area contributed by atoms with Crippen molar-refractivity contribution in [1.82, 2.24) is 5.43 Å². The third-order valence-corrected chi connectivity index (χ3v) is 3.85. The second kappa shape index (κ2) is 7.55. The third-order valence-electron chi connectivity index (χ3n) is 3.02. The molecule has 2 aromatic carbocycles. The van der Waals surface area contributed by atoms with Crippen molar-refractivity contribution >= 4 is 33.7 Å². The van der Waals surface area contributed by atoms with Gasteiger partial charge in [-0.2, -0.15) is 5.10 Å². The normalized spacial score (nSPS) is 10.6. The molecule has 1 amide bonds. The van der Waals surface area contributed by atoms with Gasteiger partial charge in [0.05, 0.1) is 22.7 Å². The summed E-state index contributed by atoms with van der Waals surface area (Å²) in [5.41, 5.74) is 2.69. The molecule has 0 aromatic heterocycles. The summed E-state index contributed by atoms with van der Waals surface area (Å²) < 4.78 is 5.32. The first-order valence-electron chi connectivity index (χ1n) is 6.57. The summed E-state index contributed by atoms with van der Waals surface area (Å²) in [4.78, 5) is 22.0. The van der Waals surface area contributed by atoms with Gasteiger partial charge in [0, 0.05) is 23.3 Å². The lowest BCUT2D eigenvalue weighted by Crippen LogP contribution is -2.17. The number of methoxy groups -OCH3 is 1. The van der Waals surface area contributed by atoms with Crippen LogP contribution >= 0.6 is 15.9 Å². The van der Waals surface area contributed by atoms with Crippen LogP contribution in [0.3, 0.4) is 0 Å². The Bertz CT molecular complexity index is 823. The van der Waals surface area contributed by atoms with Crippen molar-refractivity contribution in [2.24, 2.45) is 5.10 Å². The SMILES string of the molecule is COc1ccc(/C=N/NC(=O)c2cccc([N+](=O)[O-])c2)c(Br)c1O. The van der Waals surface area contributed by atoms with Crippen LogP contribution in [0.5, 0.6) is 11.5 Å². The molecule has 9 heteroatoms. The number of nitro benzene ring substituents is 1. The fraction of sp³-hybridized carbons (Fsp3) is 0.0667. The van der Waals surface area contributed by atoms with E-state index in [1.807, 2.05) is 0 Å². The number of halogens is 1. The van der Waals surface area contributed by atoms with E-state index < -0.39 is 10.8 Å². The lowest BCUT2D eigenvalue weighted by molar-refractivity contribution is -0.384. The van der Waals surface area contributed by atoms with E-state index in [1.54, 1.807) is 12.1 Å². The van der Waals surface area contributed by atoms with Crippen molar-refractivity contribution in [3.8, 4) is 11.5 Å². The molecule has 2 aromatic rings. The van der Waals surface area contributed by atoms with Crippen LogP contribution in [0.15, 0.2) is 46.0 Å². The highest BCUT2D eigenvalue weighted by Gasteiger charge is 2.11. The number of nitrogens with one attached hydrogen (secondary N) is 1. The van der Waals surface area contributed by atoms with Crippen molar-refractivity contribution < 1.29 is 19.6 Å². The second-order valence-corrected chi connectivity index (χ2v) is 5.32. The third kappa shape index (κ3) is 3.87. The fourth-order valence-corrected chi connectivity index (χ4v) is 2.24. The van der Waals surface area contributed by atoms with Gasteiger partial charge in [0.1, 0.15) is 0 Å². The van der Waals surface area contributed by atoms with Gasteiger partial charge < -0.3 is 9.84 Å². The van der Waals surface area contributed by atoms with E-state index in [1.165, 1.54) is 31.5 Å². The minimum atomic E-state index is -0.594. The molecule has 0 unspecified atom stereocenters. The molecule has 8 nitrogen and oxygen atoms in total. The van der Waals surface area contributed by atoms with Gasteiger partial charge in [-0.1, -0.05) is 6.07 Å². The molecule has 24 heavy (non-hydrogen) atoms. The van der Waals surface area contributed by atoms with E-state index in [0.29, 0.717) is 15.8 Å². The quantitative estimate of drug-likeness (QED) is 0.460. The van der Waals surface area contributed by atoms with Crippen LogP contribution in [0, 0.1) is 10.1 Å². The van der Waals surface area contributed by atoms with Crippen LogP contribution in [0.2, 0.25) is 0 Å². The zero-order valence-electron chi connectivity index (χ0n) is 12.4. The molecule has 0 spiro atoms. The summed E-state index contributed by atoms with van der Waals surface area (Å²) in [5, 5.41) is 24.3. The Morgan fingerprint density at radius 3 is 2.83 bits per heavy atom. The van der Waals surface area contributed by atoms with Gasteiger partial charge in [0.2, 0.25) is 0 Å². The number of ether oxygens (including phenoxy) is 1. The smallest absolute Gasteiger partial charge is 0.271 e. The Balaban J connectivity index is 2.12. The number of hydrogen-bond donors (Lipinski definition) is 2. The van der Waals surface area contributed by atoms with Gasteiger partial charge in [-0.15, -0.1) is 0 Å². The number of phenols is 1. The van der Waals surface area contributed by atoms with Gasteiger partial charge in [-0.25, -0.2) is 5.43 Å². The molecule has 2 rings (SSSR count). The monoisotopic (exact) mass is 393 g/mol. The molecule has 2 N–H and O–H groups in total. The minimum Gasteiger partial charge on any atom is -0.503 e. The molecular weight excluding hydrogens is 382 g/mol. The zero-order chi connectivity index (χ0) is 17.7. The van der Waals surface area contributed by atoms with E-state index in [2.05, 4.69) is 26.5 Å². The number of nitrogens with zero attached hydrogens (tertiary/aromatic N) is 2. The van der Waals surface area contributed by atoms with Crippen molar-refractivity contribution in [3.63, 3.8) is 0 Å². The number of phenolic OH excluding ortho intramolecular Hbond substituents is 1. The van der Waals surface area contributed by atoms with E-state index >= 15 is 0 Å². The number of benzene rings is 2. The van der Waals surface area contributed by atoms with Crippen molar-refractivity contribution in [2.75, 3.05) is 7.11 Å². The maximum atomic E-state index is 11.9. The number of aromatic hydroxyl groups is 1. The van der Waals surface area contributed by atoms with E-state index in [-0.39, 0.29) is 17.0 Å². The second-order valence-electron chi connectivity index (χ2n) is 4.53. The molecule has 0 atom stereocenters. The summed E-state index contributed by atoms with van der Waals surface area (Å²) in [5.74, 6) is -0.394. The average Bonchev–Trinajstić information content (AvgIpc) is 2.58. The van der Waals surface area contributed by atoms with Crippen molar-refractivity contribution in [1.29, 1.82) is 0 Å². The molecular formula is C15H12BrN3O5. The highest BCUT2D eigenvalue weighted by atomic mass is 79.9. The Hall–Kier alpha value is -2.94. The van der Waals surface area contributed by atoms with E-state index in [9.17, 15) is 20.0 Å². The maximum absolute atomic E-state index is 11.9. The molecule has 0 heterocycles. The van der Waals surface area contributed by atoms with Crippen LogP contribution in [-0.2, 0) is 0 Å². The molecule has 0 fully saturated rings. The predicted molar refractivity (Wildman–Crippen MR) is 90.5 cm³/mol. The first-order chi connectivity index (χ1) is 11.4. The van der Waals surface area contributed by atoms with Gasteiger partial charge in [0.25, 0.3) is 11.6 Å². The molecule has 0 aliphatic rings. The molecule has 0 saturated carbocycles. The number of carbonyl (C=O) groups excluding carboxylic acids is 1. The first-order valence-corrected chi connectivity index (χ1v) is 7.36. The number of non-ortho nitro benzene ring substituents is 1. The first kappa shape index (κ1) is 17.4. The Kier molecular flexibility index (Phi) is 5.48. The molecule has 0 aliphatic carbocycles. The van der Waals surface area contributed by atoms with E-state index in [0.717, 1.165) is 6.07 Å². The topological polar surface area (TPSA) is 114 Å². The number of rotatable bonds is 5. The number of hydrazone groups is 1. The number of carbonyl (C=O) groups is 1. The Labute approximate surface area is 145 Å². The maximum Gasteiger partial charge on any atom is 0.271 e. The van der Waals surface area contributed by atoms with Crippen LogP contribution in [0.4, 0.5) is 5.69 Å². The summed E-state index contributed by atoms with van der Waals surface area (Å²) in [6.07, 6.45) is 1.32. The number of hydrogen-bond acceptors (Lipinski definition) is 6. The molecule has 0 saturated heterocycles. The summed E-state index contributed by atoms with van der Waals surface area (Å²) in [7, 11) is 1.43. The van der Waals surface area contributed by atoms with E-state index in [4.69, 9.17) is 4.74 Å².